The van der Waals surface area contributed by atoms with Crippen LogP contribution in [-0.2, 0) is 51.3 Å². The van der Waals surface area contributed by atoms with Crippen molar-refractivity contribution in [3.8, 4) is 0 Å². The van der Waals surface area contributed by atoms with Gasteiger partial charge in [0.1, 0.15) is 25.3 Å². The van der Waals surface area contributed by atoms with Crippen molar-refractivity contribution in [1.29, 1.82) is 0 Å². The molecule has 4 aliphatic heterocycles. The summed E-state index contributed by atoms with van der Waals surface area (Å²) in [6, 6.07) is 61.7. The molecule has 0 saturated carbocycles. The summed E-state index contributed by atoms with van der Waals surface area (Å²) in [4.78, 5) is 9.79. The van der Waals surface area contributed by atoms with Crippen LogP contribution in [0.15, 0.2) is 215 Å². The van der Waals surface area contributed by atoms with Gasteiger partial charge in [-0.25, -0.2) is 9.98 Å². The number of ether oxygens (including phenoxy) is 4. The van der Waals surface area contributed by atoms with E-state index < -0.39 is 0 Å². The molecule has 0 unspecified atom stereocenters. The molecule has 4 aliphatic rings. The number of rotatable bonds is 10. The van der Waals surface area contributed by atoms with Crippen molar-refractivity contribution >= 4 is 11.8 Å². The summed E-state index contributed by atoms with van der Waals surface area (Å²) < 4.78 is 24.2. The first kappa shape index (κ1) is 41.3. The van der Waals surface area contributed by atoms with Crippen LogP contribution in [0, 0.1) is 0 Å². The van der Waals surface area contributed by atoms with E-state index in [2.05, 4.69) is 72.8 Å². The third kappa shape index (κ3) is 10.3. The molecule has 2 saturated heterocycles. The summed E-state index contributed by atoms with van der Waals surface area (Å²) in [5.74, 6) is 2.56. The number of hydrogen-bond donors (Lipinski definition) is 0. The van der Waals surface area contributed by atoms with Gasteiger partial charge in [-0.3, -0.25) is 0 Å². The molecular weight excluding hydrogens is 810 g/mol. The summed E-state index contributed by atoms with van der Waals surface area (Å²) in [7, 11) is 0. The van der Waals surface area contributed by atoms with Gasteiger partial charge in [-0.05, 0) is 22.3 Å². The SMILES string of the molecule is [Zn+2].c1ccc(C/C(C2=N[C@@H](c3ccccc3)CO2)=C2/[N-][C@@H](c3ccccc3)CO2)cc1.c1ccc(C/C(C2=N[C@H](c3ccccc3)CO2)=C2/[N-][C@H](c3ccccc3)CO2)cc1. The predicted molar refractivity (Wildman–Crippen MR) is 236 cm³/mol. The molecule has 0 aliphatic carbocycles. The molecule has 2 fully saturated rings. The van der Waals surface area contributed by atoms with Gasteiger partial charge in [-0.1, -0.05) is 205 Å². The molecule has 0 aromatic heterocycles. The molecule has 0 N–H and O–H groups in total. The molecule has 6 aromatic carbocycles. The molecule has 4 atom stereocenters. The topological polar surface area (TPSA) is 89.8 Å². The van der Waals surface area contributed by atoms with Gasteiger partial charge in [0, 0.05) is 35.8 Å². The maximum Gasteiger partial charge on any atom is 2.00 e. The van der Waals surface area contributed by atoms with E-state index in [9.17, 15) is 0 Å². The van der Waals surface area contributed by atoms with Crippen molar-refractivity contribution in [2.24, 2.45) is 9.98 Å². The van der Waals surface area contributed by atoms with Crippen molar-refractivity contribution in [3.05, 3.63) is 249 Å². The minimum atomic E-state index is -0.00102. The standard InChI is InChI=1S/2C26H23N2O2.Zn/c2*1-4-10-19(11-5-1)16-22(25-27-23(17-29-25)20-12-6-2-7-13-20)26-28-24(18-30-26)21-14-8-3-9-15-21;/h2*1-15,23-24H,16-18H2;/q2*-1;+2/b2*25-22+;/t2*23-,24-;/m10./s1. The van der Waals surface area contributed by atoms with E-state index in [1.165, 1.54) is 11.1 Å². The molecule has 10 rings (SSSR count). The smallest absolute Gasteiger partial charge is 0.645 e. The van der Waals surface area contributed by atoms with Crippen molar-refractivity contribution < 1.29 is 38.4 Å². The third-order valence-corrected chi connectivity index (χ3v) is 10.8. The van der Waals surface area contributed by atoms with E-state index in [-0.39, 0.29) is 43.6 Å². The number of hydrogen-bond acceptors (Lipinski definition) is 6. The van der Waals surface area contributed by atoms with Crippen LogP contribution in [0.3, 0.4) is 0 Å². The Kier molecular flexibility index (Phi) is 13.7. The van der Waals surface area contributed by atoms with E-state index in [1.807, 2.05) is 109 Å². The molecule has 0 spiro atoms. The quantitative estimate of drug-likeness (QED) is 0.128. The average molecular weight is 856 g/mol. The van der Waals surface area contributed by atoms with Gasteiger partial charge in [-0.2, -0.15) is 0 Å². The van der Waals surface area contributed by atoms with E-state index in [0.717, 1.165) is 33.4 Å². The Morgan fingerprint density at radius 1 is 0.393 bits per heavy atom. The van der Waals surface area contributed by atoms with Gasteiger partial charge in [0.2, 0.25) is 11.8 Å². The monoisotopic (exact) mass is 854 g/mol. The van der Waals surface area contributed by atoms with Crippen LogP contribution >= 0.6 is 0 Å². The zero-order valence-corrected chi connectivity index (χ0v) is 37.0. The Labute approximate surface area is 370 Å². The first-order valence-electron chi connectivity index (χ1n) is 20.6. The van der Waals surface area contributed by atoms with Gasteiger partial charge in [0.05, 0.1) is 13.2 Å². The minimum absolute atomic E-state index is 0. The van der Waals surface area contributed by atoms with E-state index in [0.29, 0.717) is 62.8 Å². The first-order chi connectivity index (χ1) is 29.7. The van der Waals surface area contributed by atoms with Crippen LogP contribution in [-0.4, -0.2) is 38.2 Å². The fourth-order valence-corrected chi connectivity index (χ4v) is 7.63. The van der Waals surface area contributed by atoms with Crippen LogP contribution in [0.25, 0.3) is 10.6 Å². The molecule has 6 aromatic rings. The molecule has 4 heterocycles. The maximum atomic E-state index is 6.06. The summed E-state index contributed by atoms with van der Waals surface area (Å²) in [5, 5.41) is 9.79. The molecule has 9 heteroatoms. The van der Waals surface area contributed by atoms with Crippen LogP contribution < -0.4 is 0 Å². The summed E-state index contributed by atoms with van der Waals surface area (Å²) in [6.45, 7) is 2.14. The number of benzene rings is 6. The Bertz CT molecular complexity index is 2270. The molecule has 0 radical (unpaired) electrons. The molecular formula is C52H46N4O4Zn. The van der Waals surface area contributed by atoms with Crippen LogP contribution in [0.2, 0.25) is 0 Å². The van der Waals surface area contributed by atoms with E-state index in [1.54, 1.807) is 0 Å². The van der Waals surface area contributed by atoms with Crippen molar-refractivity contribution in [1.82, 2.24) is 0 Å². The van der Waals surface area contributed by atoms with Gasteiger partial charge in [0.15, 0.2) is 0 Å². The minimum Gasteiger partial charge on any atom is -0.645 e. The van der Waals surface area contributed by atoms with Crippen molar-refractivity contribution in [3.63, 3.8) is 0 Å². The first-order valence-corrected chi connectivity index (χ1v) is 20.6. The Hall–Kier alpha value is -6.44. The second-order valence-corrected chi connectivity index (χ2v) is 15.0. The molecule has 0 bridgehead atoms. The number of nitrogens with zero attached hydrogens (tertiary/aromatic N) is 4. The second kappa shape index (κ2) is 20.2. The zero-order chi connectivity index (χ0) is 40.4. The van der Waals surface area contributed by atoms with Crippen molar-refractivity contribution in [2.45, 2.75) is 37.0 Å². The van der Waals surface area contributed by atoms with Gasteiger partial charge < -0.3 is 29.6 Å². The van der Waals surface area contributed by atoms with Crippen LogP contribution in [0.1, 0.15) is 57.5 Å². The number of aliphatic imine (C=N–C) groups is 2. The van der Waals surface area contributed by atoms with Crippen LogP contribution in [0.4, 0.5) is 0 Å². The molecule has 8 nitrogen and oxygen atoms in total. The third-order valence-electron chi connectivity index (χ3n) is 10.8. The van der Waals surface area contributed by atoms with E-state index >= 15 is 0 Å². The summed E-state index contributed by atoms with van der Waals surface area (Å²) in [6.07, 6.45) is 1.34. The van der Waals surface area contributed by atoms with Crippen LogP contribution in [0.5, 0.6) is 0 Å². The average Bonchev–Trinajstić information content (AvgIpc) is 4.18. The predicted octanol–water partition coefficient (Wildman–Crippen LogP) is 11.5. The Morgan fingerprint density at radius 2 is 0.705 bits per heavy atom. The molecule has 300 valence electrons. The van der Waals surface area contributed by atoms with Gasteiger partial charge >= 0.3 is 19.5 Å². The largest absolute Gasteiger partial charge is 2.00 e. The summed E-state index contributed by atoms with van der Waals surface area (Å²) >= 11 is 0. The van der Waals surface area contributed by atoms with Crippen molar-refractivity contribution in [2.75, 3.05) is 26.4 Å². The van der Waals surface area contributed by atoms with E-state index in [4.69, 9.17) is 39.6 Å². The molecule has 0 amide bonds. The van der Waals surface area contributed by atoms with Gasteiger partial charge in [0.25, 0.3) is 0 Å². The fraction of sp³-hybridized carbons (Fsp3) is 0.192. The fourth-order valence-electron chi connectivity index (χ4n) is 7.63. The normalized spacial score (nSPS) is 21.6. The maximum absolute atomic E-state index is 6.06. The van der Waals surface area contributed by atoms with Gasteiger partial charge in [-0.15, -0.1) is 0 Å². The Morgan fingerprint density at radius 3 is 1.05 bits per heavy atom. The summed E-state index contributed by atoms with van der Waals surface area (Å²) in [5.41, 5.74) is 8.81. The molecule has 61 heavy (non-hydrogen) atoms. The Balaban J connectivity index is 0.000000166. The zero-order valence-electron chi connectivity index (χ0n) is 34.0. The second-order valence-electron chi connectivity index (χ2n) is 15.0.